The summed E-state index contributed by atoms with van der Waals surface area (Å²) in [5.74, 6) is 0.403. The van der Waals surface area contributed by atoms with Crippen LogP contribution in [0, 0.1) is 0 Å². The third-order valence-corrected chi connectivity index (χ3v) is 3.59. The fourth-order valence-electron chi connectivity index (χ4n) is 1.59. The number of carbonyl (C=O) groups excluding carboxylic acids is 1. The molecule has 0 saturated carbocycles. The average molecular weight is 295 g/mol. The molecule has 3 N–H and O–H groups in total. The zero-order valence-corrected chi connectivity index (χ0v) is 12.2. The number of carbonyl (C=O) groups is 1. The first-order valence-electron chi connectivity index (χ1n) is 6.27. The Morgan fingerprint density at radius 3 is 3.00 bits per heavy atom. The summed E-state index contributed by atoms with van der Waals surface area (Å²) in [6.07, 6.45) is 2.30. The number of rotatable bonds is 5. The summed E-state index contributed by atoms with van der Waals surface area (Å²) in [7, 11) is 0. The Kier molecular flexibility index (Phi) is 4.41. The third kappa shape index (κ3) is 3.58. The molecule has 0 radical (unpaired) electrons. The van der Waals surface area contributed by atoms with E-state index < -0.39 is 11.6 Å². The minimum absolute atomic E-state index is 0.0400. The number of amides is 2. The van der Waals surface area contributed by atoms with Gasteiger partial charge in [-0.2, -0.15) is 0 Å². The minimum atomic E-state index is -1.25. The molecular formula is C13H17N3O3S. The number of aromatic nitrogens is 1. The fraction of sp³-hybridized carbons (Fsp3) is 0.385. The number of furan rings is 1. The number of nitrogens with one attached hydrogen (secondary N) is 2. The second-order valence-electron chi connectivity index (χ2n) is 4.56. The highest BCUT2D eigenvalue weighted by molar-refractivity contribution is 7.13. The quantitative estimate of drug-likeness (QED) is 0.790. The van der Waals surface area contributed by atoms with Gasteiger partial charge >= 0.3 is 6.03 Å². The van der Waals surface area contributed by atoms with Crippen LogP contribution in [0.4, 0.5) is 9.93 Å². The molecule has 108 valence electrons. The van der Waals surface area contributed by atoms with E-state index in [0.29, 0.717) is 10.9 Å². The predicted octanol–water partition coefficient (Wildman–Crippen LogP) is 2.33. The van der Waals surface area contributed by atoms with Gasteiger partial charge in [0.1, 0.15) is 11.4 Å². The molecular weight excluding hydrogens is 278 g/mol. The standard InChI is InChI=1S/C13H17N3O3S/c1-3-9-7-20-12(15-9)16-11(17)14-8-13(2,18)10-5-4-6-19-10/h4-7,18H,3,8H2,1-2H3,(H2,14,15,16,17). The zero-order chi connectivity index (χ0) is 14.6. The van der Waals surface area contributed by atoms with Gasteiger partial charge in [-0.1, -0.05) is 6.92 Å². The summed E-state index contributed by atoms with van der Waals surface area (Å²) in [5, 5.41) is 17.8. The number of anilines is 1. The van der Waals surface area contributed by atoms with Crippen LogP contribution in [0.1, 0.15) is 25.3 Å². The number of aryl methyl sites for hydroxylation is 1. The Hall–Kier alpha value is -1.86. The van der Waals surface area contributed by atoms with Gasteiger partial charge in [-0.25, -0.2) is 9.78 Å². The molecule has 2 aromatic rings. The van der Waals surface area contributed by atoms with Crippen LogP contribution in [-0.2, 0) is 12.0 Å². The number of hydrogen-bond acceptors (Lipinski definition) is 5. The van der Waals surface area contributed by atoms with Crippen molar-refractivity contribution in [3.8, 4) is 0 Å². The molecule has 0 saturated heterocycles. The monoisotopic (exact) mass is 295 g/mol. The van der Waals surface area contributed by atoms with Gasteiger partial charge in [-0.15, -0.1) is 11.3 Å². The third-order valence-electron chi connectivity index (χ3n) is 2.78. The molecule has 0 aliphatic rings. The van der Waals surface area contributed by atoms with E-state index in [9.17, 15) is 9.90 Å². The largest absolute Gasteiger partial charge is 0.466 e. The maximum absolute atomic E-state index is 11.7. The lowest BCUT2D eigenvalue weighted by molar-refractivity contribution is 0.0372. The van der Waals surface area contributed by atoms with Gasteiger partial charge in [0.25, 0.3) is 0 Å². The number of urea groups is 1. The number of hydrogen-bond donors (Lipinski definition) is 3. The molecule has 0 aliphatic heterocycles. The van der Waals surface area contributed by atoms with Crippen molar-refractivity contribution in [1.82, 2.24) is 10.3 Å². The van der Waals surface area contributed by atoms with Crippen molar-refractivity contribution < 1.29 is 14.3 Å². The van der Waals surface area contributed by atoms with E-state index in [2.05, 4.69) is 15.6 Å². The molecule has 0 aliphatic carbocycles. The highest BCUT2D eigenvalue weighted by atomic mass is 32.1. The molecule has 0 spiro atoms. The van der Waals surface area contributed by atoms with E-state index in [0.717, 1.165) is 12.1 Å². The Labute approximate surface area is 120 Å². The van der Waals surface area contributed by atoms with Crippen molar-refractivity contribution in [3.63, 3.8) is 0 Å². The van der Waals surface area contributed by atoms with Crippen molar-refractivity contribution in [2.24, 2.45) is 0 Å². The summed E-state index contributed by atoms with van der Waals surface area (Å²) in [4.78, 5) is 16.0. The van der Waals surface area contributed by atoms with Crippen LogP contribution < -0.4 is 10.6 Å². The lowest BCUT2D eigenvalue weighted by Gasteiger charge is -2.20. The number of thiazole rings is 1. The highest BCUT2D eigenvalue weighted by Crippen LogP contribution is 2.20. The van der Waals surface area contributed by atoms with Crippen LogP contribution in [0.5, 0.6) is 0 Å². The Morgan fingerprint density at radius 2 is 2.40 bits per heavy atom. The van der Waals surface area contributed by atoms with Crippen molar-refractivity contribution in [1.29, 1.82) is 0 Å². The number of aliphatic hydroxyl groups is 1. The summed E-state index contributed by atoms with van der Waals surface area (Å²) in [6.45, 7) is 3.61. The van der Waals surface area contributed by atoms with Crippen LogP contribution in [0.2, 0.25) is 0 Å². The van der Waals surface area contributed by atoms with Gasteiger partial charge in [-0.05, 0) is 25.5 Å². The van der Waals surface area contributed by atoms with E-state index in [1.807, 2.05) is 12.3 Å². The van der Waals surface area contributed by atoms with Crippen LogP contribution >= 0.6 is 11.3 Å². The van der Waals surface area contributed by atoms with Crippen molar-refractivity contribution in [3.05, 3.63) is 35.2 Å². The Balaban J connectivity index is 1.86. The SMILES string of the molecule is CCc1csc(NC(=O)NCC(C)(O)c2ccco2)n1. The first-order valence-corrected chi connectivity index (χ1v) is 7.15. The summed E-state index contributed by atoms with van der Waals surface area (Å²) < 4.78 is 5.13. The van der Waals surface area contributed by atoms with Gasteiger partial charge in [0.2, 0.25) is 0 Å². The van der Waals surface area contributed by atoms with Crippen molar-refractivity contribution in [2.75, 3.05) is 11.9 Å². The topological polar surface area (TPSA) is 87.4 Å². The smallest absolute Gasteiger partial charge is 0.321 e. The molecule has 0 bridgehead atoms. The lowest BCUT2D eigenvalue weighted by Crippen LogP contribution is -2.40. The summed E-state index contributed by atoms with van der Waals surface area (Å²) in [6, 6.07) is 2.94. The van der Waals surface area contributed by atoms with Gasteiger partial charge in [-0.3, -0.25) is 5.32 Å². The molecule has 7 heteroatoms. The van der Waals surface area contributed by atoms with E-state index in [1.54, 1.807) is 19.1 Å². The Bertz CT molecular complexity index is 563. The molecule has 2 aromatic heterocycles. The molecule has 2 rings (SSSR count). The molecule has 6 nitrogen and oxygen atoms in total. The van der Waals surface area contributed by atoms with Crippen molar-refractivity contribution >= 4 is 22.5 Å². The van der Waals surface area contributed by atoms with E-state index in [1.165, 1.54) is 17.6 Å². The summed E-state index contributed by atoms with van der Waals surface area (Å²) >= 11 is 1.37. The van der Waals surface area contributed by atoms with Gasteiger partial charge < -0.3 is 14.8 Å². The van der Waals surface area contributed by atoms with Gasteiger partial charge in [0.05, 0.1) is 18.5 Å². The first-order chi connectivity index (χ1) is 9.51. The maximum atomic E-state index is 11.7. The average Bonchev–Trinajstić information content (AvgIpc) is 3.07. The van der Waals surface area contributed by atoms with Crippen LogP contribution in [-0.4, -0.2) is 22.7 Å². The fourth-order valence-corrected chi connectivity index (χ4v) is 2.38. The molecule has 20 heavy (non-hydrogen) atoms. The first kappa shape index (κ1) is 14.5. The van der Waals surface area contributed by atoms with E-state index in [4.69, 9.17) is 4.42 Å². The van der Waals surface area contributed by atoms with Crippen molar-refractivity contribution in [2.45, 2.75) is 25.9 Å². The normalized spacial score (nSPS) is 13.8. The second-order valence-corrected chi connectivity index (χ2v) is 5.41. The van der Waals surface area contributed by atoms with E-state index in [-0.39, 0.29) is 6.54 Å². The molecule has 0 fully saturated rings. The Morgan fingerprint density at radius 1 is 1.60 bits per heavy atom. The second kappa shape index (κ2) is 6.06. The lowest BCUT2D eigenvalue weighted by atomic mass is 10.0. The molecule has 2 heterocycles. The van der Waals surface area contributed by atoms with Crippen LogP contribution in [0.25, 0.3) is 0 Å². The summed E-state index contributed by atoms with van der Waals surface area (Å²) in [5.41, 5.74) is -0.314. The molecule has 0 aromatic carbocycles. The minimum Gasteiger partial charge on any atom is -0.466 e. The molecule has 1 unspecified atom stereocenters. The molecule has 1 atom stereocenters. The van der Waals surface area contributed by atoms with E-state index >= 15 is 0 Å². The van der Waals surface area contributed by atoms with Crippen LogP contribution in [0.15, 0.2) is 28.2 Å². The van der Waals surface area contributed by atoms with Crippen LogP contribution in [0.3, 0.4) is 0 Å². The number of nitrogens with zero attached hydrogens (tertiary/aromatic N) is 1. The zero-order valence-electron chi connectivity index (χ0n) is 11.3. The molecule has 2 amide bonds. The maximum Gasteiger partial charge on any atom is 0.321 e. The van der Waals surface area contributed by atoms with Gasteiger partial charge in [0, 0.05) is 5.38 Å². The highest BCUT2D eigenvalue weighted by Gasteiger charge is 2.26. The predicted molar refractivity (Wildman–Crippen MR) is 76.8 cm³/mol. The van der Waals surface area contributed by atoms with Gasteiger partial charge in [0.15, 0.2) is 5.13 Å².